The highest BCUT2D eigenvalue weighted by molar-refractivity contribution is 5.85. The maximum Gasteiger partial charge on any atom is 0.239 e. The summed E-state index contributed by atoms with van der Waals surface area (Å²) < 4.78 is 10.6. The summed E-state index contributed by atoms with van der Waals surface area (Å²) in [6.07, 6.45) is 0.649. The number of carbonyl (C=O) groups is 1. The normalized spacial score (nSPS) is 13.6. The van der Waals surface area contributed by atoms with Gasteiger partial charge in [0.15, 0.2) is 11.5 Å². The molecule has 1 aliphatic rings. The number of ether oxygens (including phenoxy) is 2. The SMILES string of the molecule is CC[C@H](N)C(=O)N(CC)Cc1ccc2c(c1)OCO2.Cl. The van der Waals surface area contributed by atoms with Crippen molar-refractivity contribution >= 4 is 18.3 Å². The van der Waals surface area contributed by atoms with Gasteiger partial charge in [-0.05, 0) is 31.0 Å². The Bertz CT molecular complexity index is 468. The molecule has 1 atom stereocenters. The average Bonchev–Trinajstić information content (AvgIpc) is 2.90. The number of halogens is 1. The van der Waals surface area contributed by atoms with Crippen molar-refractivity contribution in [2.45, 2.75) is 32.9 Å². The maximum absolute atomic E-state index is 12.1. The standard InChI is InChI=1S/C14H20N2O3.ClH/c1-3-11(15)14(17)16(4-2)8-10-5-6-12-13(7-10)19-9-18-12;/h5-7,11H,3-4,8-9,15H2,1-2H3;1H/t11-;/m0./s1. The number of hydrogen-bond donors (Lipinski definition) is 1. The van der Waals surface area contributed by atoms with E-state index >= 15 is 0 Å². The van der Waals surface area contributed by atoms with E-state index in [1.54, 1.807) is 4.90 Å². The van der Waals surface area contributed by atoms with Gasteiger partial charge >= 0.3 is 0 Å². The highest BCUT2D eigenvalue weighted by Gasteiger charge is 2.20. The summed E-state index contributed by atoms with van der Waals surface area (Å²) >= 11 is 0. The molecule has 2 N–H and O–H groups in total. The molecule has 1 aromatic rings. The van der Waals surface area contributed by atoms with Gasteiger partial charge < -0.3 is 20.1 Å². The third kappa shape index (κ3) is 3.55. The summed E-state index contributed by atoms with van der Waals surface area (Å²) in [6, 6.07) is 5.31. The molecule has 6 heteroatoms. The second kappa shape index (κ2) is 7.36. The highest BCUT2D eigenvalue weighted by Crippen LogP contribution is 2.32. The molecule has 2 rings (SSSR count). The van der Waals surface area contributed by atoms with E-state index in [4.69, 9.17) is 15.2 Å². The molecule has 1 amide bonds. The Hall–Kier alpha value is -1.46. The van der Waals surface area contributed by atoms with Crippen molar-refractivity contribution in [2.24, 2.45) is 5.73 Å². The van der Waals surface area contributed by atoms with Crippen molar-refractivity contribution in [1.29, 1.82) is 0 Å². The lowest BCUT2D eigenvalue weighted by Gasteiger charge is -2.24. The van der Waals surface area contributed by atoms with Crippen LogP contribution in [0.5, 0.6) is 11.5 Å². The van der Waals surface area contributed by atoms with Gasteiger partial charge in [0.1, 0.15) is 0 Å². The minimum absolute atomic E-state index is 0. The number of benzene rings is 1. The number of carbonyl (C=O) groups excluding carboxylic acids is 1. The summed E-state index contributed by atoms with van der Waals surface area (Å²) in [7, 11) is 0. The van der Waals surface area contributed by atoms with Crippen LogP contribution < -0.4 is 15.2 Å². The van der Waals surface area contributed by atoms with Crippen molar-refractivity contribution in [3.63, 3.8) is 0 Å². The third-order valence-electron chi connectivity index (χ3n) is 3.26. The van der Waals surface area contributed by atoms with Crippen LogP contribution in [0.3, 0.4) is 0 Å². The molecule has 0 bridgehead atoms. The molecule has 0 aromatic heterocycles. The van der Waals surface area contributed by atoms with Gasteiger partial charge in [-0.3, -0.25) is 4.79 Å². The third-order valence-corrected chi connectivity index (χ3v) is 3.26. The van der Waals surface area contributed by atoms with E-state index in [0.29, 0.717) is 19.5 Å². The quantitative estimate of drug-likeness (QED) is 0.902. The van der Waals surface area contributed by atoms with Crippen LogP contribution in [-0.4, -0.2) is 30.2 Å². The van der Waals surface area contributed by atoms with Crippen molar-refractivity contribution in [2.75, 3.05) is 13.3 Å². The molecule has 0 saturated carbocycles. The lowest BCUT2D eigenvalue weighted by molar-refractivity contribution is -0.133. The summed E-state index contributed by atoms with van der Waals surface area (Å²) in [5, 5.41) is 0. The number of rotatable bonds is 5. The summed E-state index contributed by atoms with van der Waals surface area (Å²) in [5.74, 6) is 1.48. The minimum Gasteiger partial charge on any atom is -0.454 e. The van der Waals surface area contributed by atoms with Gasteiger partial charge in [-0.1, -0.05) is 13.0 Å². The van der Waals surface area contributed by atoms with Crippen LogP contribution in [0.15, 0.2) is 18.2 Å². The molecule has 0 radical (unpaired) electrons. The first-order chi connectivity index (χ1) is 9.15. The monoisotopic (exact) mass is 300 g/mol. The van der Waals surface area contributed by atoms with Crippen LogP contribution in [0.25, 0.3) is 0 Å². The van der Waals surface area contributed by atoms with E-state index in [1.165, 1.54) is 0 Å². The zero-order valence-electron chi connectivity index (χ0n) is 11.8. The molecular weight excluding hydrogens is 280 g/mol. The Labute approximate surface area is 125 Å². The average molecular weight is 301 g/mol. The van der Waals surface area contributed by atoms with E-state index in [9.17, 15) is 4.79 Å². The molecular formula is C14H21ClN2O3. The van der Waals surface area contributed by atoms with Crippen LogP contribution in [-0.2, 0) is 11.3 Å². The first-order valence-electron chi connectivity index (χ1n) is 6.58. The van der Waals surface area contributed by atoms with E-state index in [0.717, 1.165) is 17.1 Å². The summed E-state index contributed by atoms with van der Waals surface area (Å²) in [5.41, 5.74) is 6.82. The lowest BCUT2D eigenvalue weighted by Crippen LogP contribution is -2.42. The van der Waals surface area contributed by atoms with Crippen LogP contribution in [0.1, 0.15) is 25.8 Å². The van der Waals surface area contributed by atoms with Gasteiger partial charge in [0, 0.05) is 13.1 Å². The second-order valence-corrected chi connectivity index (χ2v) is 4.55. The van der Waals surface area contributed by atoms with Gasteiger partial charge in [-0.15, -0.1) is 12.4 Å². The zero-order chi connectivity index (χ0) is 13.8. The molecule has 112 valence electrons. The number of nitrogens with two attached hydrogens (primary N) is 1. The van der Waals surface area contributed by atoms with Crippen molar-refractivity contribution in [3.05, 3.63) is 23.8 Å². The molecule has 0 aliphatic carbocycles. The van der Waals surface area contributed by atoms with E-state index in [2.05, 4.69) is 0 Å². The van der Waals surface area contributed by atoms with Crippen molar-refractivity contribution < 1.29 is 14.3 Å². The Morgan fingerprint density at radius 2 is 2.05 bits per heavy atom. The van der Waals surface area contributed by atoms with Gasteiger partial charge in [0.25, 0.3) is 0 Å². The molecule has 20 heavy (non-hydrogen) atoms. The Kier molecular flexibility index (Phi) is 6.10. The molecule has 1 heterocycles. The Morgan fingerprint density at radius 1 is 1.35 bits per heavy atom. The summed E-state index contributed by atoms with van der Waals surface area (Å²) in [6.45, 7) is 5.31. The first kappa shape index (κ1) is 16.6. The molecule has 0 spiro atoms. The predicted molar refractivity (Wildman–Crippen MR) is 79.2 cm³/mol. The fraction of sp³-hybridized carbons (Fsp3) is 0.500. The second-order valence-electron chi connectivity index (χ2n) is 4.55. The van der Waals surface area contributed by atoms with Crippen molar-refractivity contribution in [3.8, 4) is 11.5 Å². The fourth-order valence-electron chi connectivity index (χ4n) is 2.01. The maximum atomic E-state index is 12.1. The van der Waals surface area contributed by atoms with E-state index in [-0.39, 0.29) is 25.1 Å². The van der Waals surface area contributed by atoms with E-state index < -0.39 is 6.04 Å². The number of fused-ring (bicyclic) bond motifs is 1. The molecule has 0 unspecified atom stereocenters. The van der Waals surface area contributed by atoms with Crippen LogP contribution >= 0.6 is 12.4 Å². The zero-order valence-corrected chi connectivity index (χ0v) is 12.6. The first-order valence-corrected chi connectivity index (χ1v) is 6.58. The molecule has 0 saturated heterocycles. The number of likely N-dealkylation sites (N-methyl/N-ethyl adjacent to an activating group) is 1. The van der Waals surface area contributed by atoms with Gasteiger partial charge in [0.2, 0.25) is 12.7 Å². The Balaban J connectivity index is 0.00000200. The number of amides is 1. The highest BCUT2D eigenvalue weighted by atomic mass is 35.5. The van der Waals surface area contributed by atoms with Crippen molar-refractivity contribution in [1.82, 2.24) is 4.90 Å². The molecule has 1 aliphatic heterocycles. The molecule has 1 aromatic carbocycles. The smallest absolute Gasteiger partial charge is 0.239 e. The van der Waals surface area contributed by atoms with Crippen LogP contribution in [0.4, 0.5) is 0 Å². The predicted octanol–water partition coefficient (Wildman–Crippen LogP) is 1.92. The summed E-state index contributed by atoms with van der Waals surface area (Å²) in [4.78, 5) is 13.8. The largest absolute Gasteiger partial charge is 0.454 e. The van der Waals surface area contributed by atoms with Crippen LogP contribution in [0, 0.1) is 0 Å². The van der Waals surface area contributed by atoms with E-state index in [1.807, 2.05) is 32.0 Å². The fourth-order valence-corrected chi connectivity index (χ4v) is 2.01. The topological polar surface area (TPSA) is 64.8 Å². The minimum atomic E-state index is -0.422. The number of nitrogens with zero attached hydrogens (tertiary/aromatic N) is 1. The molecule has 0 fully saturated rings. The van der Waals surface area contributed by atoms with Crippen LogP contribution in [0.2, 0.25) is 0 Å². The number of hydrogen-bond acceptors (Lipinski definition) is 4. The van der Waals surface area contributed by atoms with Gasteiger partial charge in [-0.2, -0.15) is 0 Å². The lowest BCUT2D eigenvalue weighted by atomic mass is 10.1. The van der Waals surface area contributed by atoms with Gasteiger partial charge in [-0.25, -0.2) is 0 Å². The van der Waals surface area contributed by atoms with Gasteiger partial charge in [0.05, 0.1) is 6.04 Å². The Morgan fingerprint density at radius 3 is 2.70 bits per heavy atom. The molecule has 5 nitrogen and oxygen atoms in total.